The van der Waals surface area contributed by atoms with E-state index in [9.17, 15) is 14.4 Å². The van der Waals surface area contributed by atoms with E-state index >= 15 is 0 Å². The number of carbonyl (C=O) groups is 3. The minimum Gasteiger partial charge on any atom is -0.385 e. The van der Waals surface area contributed by atoms with Crippen LogP contribution in [0, 0.1) is 0 Å². The molecule has 0 aromatic rings. The summed E-state index contributed by atoms with van der Waals surface area (Å²) in [7, 11) is 1.60. The Morgan fingerprint density at radius 1 is 1.10 bits per heavy atom. The van der Waals surface area contributed by atoms with Gasteiger partial charge in [-0.1, -0.05) is 0 Å². The first kappa shape index (κ1) is 16.4. The fourth-order valence-electron chi connectivity index (χ4n) is 2.03. The molecule has 1 aliphatic heterocycles. The largest absolute Gasteiger partial charge is 0.385 e. The fraction of sp³-hybridized carbons (Fsp3) is 0.769. The highest BCUT2D eigenvalue weighted by molar-refractivity contribution is 5.96. The van der Waals surface area contributed by atoms with Gasteiger partial charge in [-0.2, -0.15) is 0 Å². The molecule has 1 saturated heterocycles. The van der Waals surface area contributed by atoms with Crippen molar-refractivity contribution in [1.29, 1.82) is 0 Å². The molecule has 1 rings (SSSR count). The number of nitrogens with zero attached hydrogens (tertiary/aromatic N) is 2. The molecule has 1 aliphatic rings. The highest BCUT2D eigenvalue weighted by atomic mass is 16.5. The smallest absolute Gasteiger partial charge is 0.232 e. The summed E-state index contributed by atoms with van der Waals surface area (Å²) in [5.41, 5.74) is 0. The van der Waals surface area contributed by atoms with Crippen molar-refractivity contribution in [3.63, 3.8) is 0 Å². The maximum atomic E-state index is 11.9. The SMILES string of the molecule is COCCCNC(=O)CC(=O)N1CCN(C(C)=O)CC1. The molecule has 0 atom stereocenters. The zero-order chi connectivity index (χ0) is 15.0. The molecule has 1 N–H and O–H groups in total. The zero-order valence-corrected chi connectivity index (χ0v) is 12.2. The minimum absolute atomic E-state index is 0.0213. The minimum atomic E-state index is -0.264. The number of piperazine rings is 1. The first-order valence-electron chi connectivity index (χ1n) is 6.83. The third kappa shape index (κ3) is 5.56. The van der Waals surface area contributed by atoms with E-state index in [-0.39, 0.29) is 24.1 Å². The molecule has 0 aromatic heterocycles. The number of rotatable bonds is 6. The Balaban J connectivity index is 2.23. The molecule has 1 fully saturated rings. The monoisotopic (exact) mass is 285 g/mol. The Morgan fingerprint density at radius 2 is 1.70 bits per heavy atom. The highest BCUT2D eigenvalue weighted by Crippen LogP contribution is 2.04. The molecule has 0 radical (unpaired) electrons. The van der Waals surface area contributed by atoms with Crippen LogP contribution in [-0.2, 0) is 19.1 Å². The van der Waals surface area contributed by atoms with Gasteiger partial charge in [0.2, 0.25) is 17.7 Å². The number of nitrogens with one attached hydrogen (secondary N) is 1. The van der Waals surface area contributed by atoms with Crippen molar-refractivity contribution in [3.05, 3.63) is 0 Å². The maximum absolute atomic E-state index is 11.9. The van der Waals surface area contributed by atoms with Crippen LogP contribution in [0.2, 0.25) is 0 Å². The maximum Gasteiger partial charge on any atom is 0.232 e. The van der Waals surface area contributed by atoms with E-state index in [0.29, 0.717) is 39.3 Å². The van der Waals surface area contributed by atoms with E-state index in [4.69, 9.17) is 4.74 Å². The van der Waals surface area contributed by atoms with Gasteiger partial charge >= 0.3 is 0 Å². The summed E-state index contributed by atoms with van der Waals surface area (Å²) < 4.78 is 4.87. The second kappa shape index (κ2) is 8.52. The standard InChI is InChI=1S/C13H23N3O4/c1-11(17)15-5-7-16(8-6-15)13(19)10-12(18)14-4-3-9-20-2/h3-10H2,1-2H3,(H,14,18). The van der Waals surface area contributed by atoms with Gasteiger partial charge in [0.1, 0.15) is 6.42 Å². The van der Waals surface area contributed by atoms with Crippen LogP contribution < -0.4 is 5.32 Å². The average Bonchev–Trinajstić information content (AvgIpc) is 2.43. The zero-order valence-electron chi connectivity index (χ0n) is 12.2. The van der Waals surface area contributed by atoms with Gasteiger partial charge in [-0.05, 0) is 6.42 Å². The molecule has 0 aromatic carbocycles. The van der Waals surface area contributed by atoms with Crippen LogP contribution in [0.5, 0.6) is 0 Å². The lowest BCUT2D eigenvalue weighted by atomic mass is 10.2. The van der Waals surface area contributed by atoms with Crippen LogP contribution in [0.3, 0.4) is 0 Å². The quantitative estimate of drug-likeness (QED) is 0.513. The van der Waals surface area contributed by atoms with Gasteiger partial charge < -0.3 is 19.9 Å². The van der Waals surface area contributed by atoms with Crippen LogP contribution in [0.15, 0.2) is 0 Å². The third-order valence-corrected chi connectivity index (χ3v) is 3.24. The number of carbonyl (C=O) groups excluding carboxylic acids is 3. The number of ether oxygens (including phenoxy) is 1. The lowest BCUT2D eigenvalue weighted by Crippen LogP contribution is -2.50. The summed E-state index contributed by atoms with van der Waals surface area (Å²) in [5.74, 6) is -0.425. The van der Waals surface area contributed by atoms with Crippen molar-refractivity contribution in [2.45, 2.75) is 19.8 Å². The van der Waals surface area contributed by atoms with Crippen LogP contribution in [0.25, 0.3) is 0 Å². The predicted molar refractivity (Wildman–Crippen MR) is 73.0 cm³/mol. The third-order valence-electron chi connectivity index (χ3n) is 3.24. The second-order valence-corrected chi connectivity index (χ2v) is 4.76. The van der Waals surface area contributed by atoms with Crippen molar-refractivity contribution < 1.29 is 19.1 Å². The lowest BCUT2D eigenvalue weighted by Gasteiger charge is -2.34. The topological polar surface area (TPSA) is 79.0 Å². The van der Waals surface area contributed by atoms with E-state index in [0.717, 1.165) is 6.42 Å². The Labute approximate surface area is 119 Å². The Hall–Kier alpha value is -1.63. The van der Waals surface area contributed by atoms with Crippen LogP contribution >= 0.6 is 0 Å². The number of methoxy groups -OCH3 is 1. The van der Waals surface area contributed by atoms with E-state index in [1.165, 1.54) is 6.92 Å². The molecular weight excluding hydrogens is 262 g/mol. The van der Waals surface area contributed by atoms with Gasteiger partial charge in [0.25, 0.3) is 0 Å². The summed E-state index contributed by atoms with van der Waals surface area (Å²) in [6.07, 6.45) is 0.598. The molecule has 7 heteroatoms. The molecule has 0 bridgehead atoms. The molecule has 7 nitrogen and oxygen atoms in total. The van der Waals surface area contributed by atoms with Crippen molar-refractivity contribution >= 4 is 17.7 Å². The van der Waals surface area contributed by atoms with Gasteiger partial charge in [0.15, 0.2) is 0 Å². The van der Waals surface area contributed by atoms with E-state index in [2.05, 4.69) is 5.32 Å². The number of amides is 3. The average molecular weight is 285 g/mol. The molecule has 3 amide bonds. The van der Waals surface area contributed by atoms with E-state index < -0.39 is 0 Å². The second-order valence-electron chi connectivity index (χ2n) is 4.76. The summed E-state index contributed by atoms with van der Waals surface area (Å²) in [6.45, 7) is 4.68. The summed E-state index contributed by atoms with van der Waals surface area (Å²) in [4.78, 5) is 38.0. The summed E-state index contributed by atoms with van der Waals surface area (Å²) >= 11 is 0. The molecule has 1 heterocycles. The molecule has 0 spiro atoms. The first-order valence-corrected chi connectivity index (χ1v) is 6.83. The molecule has 0 unspecified atom stereocenters. The summed E-state index contributed by atoms with van der Waals surface area (Å²) in [6, 6.07) is 0. The molecule has 20 heavy (non-hydrogen) atoms. The van der Waals surface area contributed by atoms with Gasteiger partial charge in [-0.15, -0.1) is 0 Å². The van der Waals surface area contributed by atoms with E-state index in [1.54, 1.807) is 16.9 Å². The van der Waals surface area contributed by atoms with Crippen LogP contribution in [0.4, 0.5) is 0 Å². The Kier molecular flexibility index (Phi) is 7.00. The Bertz CT molecular complexity index is 352. The van der Waals surface area contributed by atoms with Crippen LogP contribution in [-0.4, -0.2) is 74.0 Å². The lowest BCUT2D eigenvalue weighted by molar-refractivity contribution is -0.141. The number of hydrogen-bond acceptors (Lipinski definition) is 4. The molecule has 114 valence electrons. The molecule has 0 aliphatic carbocycles. The normalized spacial score (nSPS) is 15.1. The van der Waals surface area contributed by atoms with Gasteiger partial charge in [-0.25, -0.2) is 0 Å². The highest BCUT2D eigenvalue weighted by Gasteiger charge is 2.23. The molecular formula is C13H23N3O4. The van der Waals surface area contributed by atoms with Crippen LogP contribution in [0.1, 0.15) is 19.8 Å². The number of hydrogen-bond donors (Lipinski definition) is 1. The predicted octanol–water partition coefficient (Wildman–Crippen LogP) is -0.780. The molecule has 0 saturated carbocycles. The fourth-order valence-corrected chi connectivity index (χ4v) is 2.03. The first-order chi connectivity index (χ1) is 9.54. The van der Waals surface area contributed by atoms with E-state index in [1.807, 2.05) is 0 Å². The van der Waals surface area contributed by atoms with Crippen molar-refractivity contribution in [2.75, 3.05) is 46.4 Å². The van der Waals surface area contributed by atoms with Gasteiger partial charge in [0.05, 0.1) is 0 Å². The van der Waals surface area contributed by atoms with Crippen molar-refractivity contribution in [1.82, 2.24) is 15.1 Å². The van der Waals surface area contributed by atoms with Crippen molar-refractivity contribution in [3.8, 4) is 0 Å². The van der Waals surface area contributed by atoms with Crippen molar-refractivity contribution in [2.24, 2.45) is 0 Å². The Morgan fingerprint density at radius 3 is 2.25 bits per heavy atom. The van der Waals surface area contributed by atoms with Gasteiger partial charge in [0, 0.05) is 53.4 Å². The summed E-state index contributed by atoms with van der Waals surface area (Å²) in [5, 5.41) is 2.68. The van der Waals surface area contributed by atoms with Gasteiger partial charge in [-0.3, -0.25) is 14.4 Å².